The summed E-state index contributed by atoms with van der Waals surface area (Å²) in [6.07, 6.45) is 0. The molecular weight excluding hydrogens is 410 g/mol. The normalized spacial score (nSPS) is 15.0. The fourth-order valence-corrected chi connectivity index (χ4v) is 5.14. The number of carbonyl (C=O) groups excluding carboxylic acids is 1. The molecule has 150 valence electrons. The SMILES string of the molecule is Cc1cccc(CN2CCN(C(=O)c3sc4cc([N+](=O)[O-])ccc4c3Cl)CC2)c1. The van der Waals surface area contributed by atoms with Crippen LogP contribution in [0.1, 0.15) is 20.8 Å². The smallest absolute Gasteiger partial charge is 0.270 e. The number of aryl methyl sites for hydroxylation is 1. The molecule has 0 N–H and O–H groups in total. The fourth-order valence-electron chi connectivity index (χ4n) is 3.63. The zero-order valence-corrected chi connectivity index (χ0v) is 17.5. The average molecular weight is 430 g/mol. The van der Waals surface area contributed by atoms with Crippen molar-refractivity contribution in [2.45, 2.75) is 13.5 Å². The zero-order chi connectivity index (χ0) is 20.5. The van der Waals surface area contributed by atoms with Gasteiger partial charge in [0.05, 0.1) is 9.95 Å². The Labute approximate surface area is 177 Å². The summed E-state index contributed by atoms with van der Waals surface area (Å²) in [5.41, 5.74) is 2.52. The van der Waals surface area contributed by atoms with Gasteiger partial charge in [-0.3, -0.25) is 19.8 Å². The minimum Gasteiger partial charge on any atom is -0.335 e. The van der Waals surface area contributed by atoms with E-state index in [0.717, 1.165) is 19.6 Å². The van der Waals surface area contributed by atoms with E-state index in [2.05, 4.69) is 36.1 Å². The number of nitrogens with zero attached hydrogens (tertiary/aromatic N) is 3. The second-order valence-corrected chi connectivity index (χ2v) is 8.67. The van der Waals surface area contributed by atoms with Crippen molar-refractivity contribution in [3.8, 4) is 0 Å². The van der Waals surface area contributed by atoms with Gasteiger partial charge in [-0.15, -0.1) is 11.3 Å². The molecule has 8 heteroatoms. The lowest BCUT2D eigenvalue weighted by molar-refractivity contribution is -0.384. The minimum absolute atomic E-state index is 0.000760. The van der Waals surface area contributed by atoms with Gasteiger partial charge in [0.1, 0.15) is 4.88 Å². The number of nitro benzene ring substituents is 1. The third kappa shape index (κ3) is 4.12. The van der Waals surface area contributed by atoms with Crippen LogP contribution in [0.2, 0.25) is 5.02 Å². The molecule has 4 rings (SSSR count). The van der Waals surface area contributed by atoms with Gasteiger partial charge >= 0.3 is 0 Å². The standard InChI is InChI=1S/C21H20ClN3O3S/c1-14-3-2-4-15(11-14)13-23-7-9-24(10-8-23)21(26)20-19(22)17-6-5-16(25(27)28)12-18(17)29-20/h2-6,11-12H,7-10,13H2,1H3. The lowest BCUT2D eigenvalue weighted by Gasteiger charge is -2.34. The number of benzene rings is 2. The average Bonchev–Trinajstić information content (AvgIpc) is 3.04. The lowest BCUT2D eigenvalue weighted by Crippen LogP contribution is -2.48. The van der Waals surface area contributed by atoms with Crippen molar-refractivity contribution in [3.63, 3.8) is 0 Å². The van der Waals surface area contributed by atoms with Crippen LogP contribution in [-0.4, -0.2) is 46.8 Å². The highest BCUT2D eigenvalue weighted by molar-refractivity contribution is 7.21. The fraction of sp³-hybridized carbons (Fsp3) is 0.286. The van der Waals surface area contributed by atoms with E-state index in [4.69, 9.17) is 11.6 Å². The third-order valence-electron chi connectivity index (χ3n) is 5.17. The van der Waals surface area contributed by atoms with Crippen molar-refractivity contribution in [1.29, 1.82) is 0 Å². The molecule has 1 saturated heterocycles. The molecule has 1 fully saturated rings. The molecule has 2 heterocycles. The summed E-state index contributed by atoms with van der Waals surface area (Å²) in [5, 5.41) is 12.1. The maximum Gasteiger partial charge on any atom is 0.270 e. The van der Waals surface area contributed by atoms with Crippen molar-refractivity contribution in [2.75, 3.05) is 26.2 Å². The summed E-state index contributed by atoms with van der Waals surface area (Å²) in [6.45, 7) is 5.83. The number of hydrogen-bond donors (Lipinski definition) is 0. The number of rotatable bonds is 4. The Kier molecular flexibility index (Phi) is 5.54. The summed E-state index contributed by atoms with van der Waals surface area (Å²) in [4.78, 5) is 28.2. The quantitative estimate of drug-likeness (QED) is 0.444. The highest BCUT2D eigenvalue weighted by atomic mass is 35.5. The molecule has 1 aliphatic rings. The number of amides is 1. The summed E-state index contributed by atoms with van der Waals surface area (Å²) in [7, 11) is 0. The van der Waals surface area contributed by atoms with Gasteiger partial charge in [-0.25, -0.2) is 0 Å². The van der Waals surface area contributed by atoms with E-state index in [1.807, 2.05) is 4.90 Å². The van der Waals surface area contributed by atoms with E-state index < -0.39 is 4.92 Å². The van der Waals surface area contributed by atoms with Crippen molar-refractivity contribution >= 4 is 44.6 Å². The van der Waals surface area contributed by atoms with E-state index in [0.29, 0.717) is 33.1 Å². The highest BCUT2D eigenvalue weighted by Crippen LogP contribution is 2.38. The predicted molar refractivity (Wildman–Crippen MR) is 116 cm³/mol. The third-order valence-corrected chi connectivity index (χ3v) is 6.81. The van der Waals surface area contributed by atoms with Gasteiger partial charge in [-0.05, 0) is 18.6 Å². The van der Waals surface area contributed by atoms with Crippen LogP contribution >= 0.6 is 22.9 Å². The molecule has 0 saturated carbocycles. The monoisotopic (exact) mass is 429 g/mol. The van der Waals surface area contributed by atoms with E-state index in [-0.39, 0.29) is 11.6 Å². The Balaban J connectivity index is 1.45. The van der Waals surface area contributed by atoms with Gasteiger partial charge in [0.2, 0.25) is 0 Å². The van der Waals surface area contributed by atoms with Gasteiger partial charge in [0.15, 0.2) is 0 Å². The first-order valence-corrected chi connectivity index (χ1v) is 10.6. The zero-order valence-electron chi connectivity index (χ0n) is 15.9. The van der Waals surface area contributed by atoms with Gasteiger partial charge in [0.25, 0.3) is 11.6 Å². The topological polar surface area (TPSA) is 66.7 Å². The number of carbonyl (C=O) groups is 1. The Morgan fingerprint density at radius 1 is 1.17 bits per heavy atom. The van der Waals surface area contributed by atoms with E-state index in [9.17, 15) is 14.9 Å². The van der Waals surface area contributed by atoms with E-state index in [1.165, 1.54) is 34.6 Å². The van der Waals surface area contributed by atoms with Crippen LogP contribution in [-0.2, 0) is 6.54 Å². The number of piperazine rings is 1. The molecule has 0 atom stereocenters. The van der Waals surface area contributed by atoms with Crippen molar-refractivity contribution < 1.29 is 9.72 Å². The van der Waals surface area contributed by atoms with Crippen LogP contribution in [0.15, 0.2) is 42.5 Å². The number of thiophene rings is 1. The number of halogens is 1. The first-order chi connectivity index (χ1) is 13.9. The summed E-state index contributed by atoms with van der Waals surface area (Å²) < 4.78 is 0.658. The van der Waals surface area contributed by atoms with Crippen molar-refractivity contribution in [2.24, 2.45) is 0 Å². The molecule has 0 bridgehead atoms. The molecule has 2 aromatic carbocycles. The Bertz CT molecular complexity index is 1090. The molecule has 0 radical (unpaired) electrons. The number of non-ortho nitro benzene ring substituents is 1. The summed E-state index contributed by atoms with van der Waals surface area (Å²) in [6, 6.07) is 13.0. The predicted octanol–water partition coefficient (Wildman–Crippen LogP) is 4.73. The molecule has 3 aromatic rings. The molecule has 0 unspecified atom stereocenters. The first kappa shape index (κ1) is 19.8. The largest absolute Gasteiger partial charge is 0.335 e. The molecule has 1 aliphatic heterocycles. The van der Waals surface area contributed by atoms with Crippen LogP contribution in [0.3, 0.4) is 0 Å². The van der Waals surface area contributed by atoms with Gasteiger partial charge in [-0.1, -0.05) is 41.4 Å². The Morgan fingerprint density at radius 3 is 2.62 bits per heavy atom. The Hall–Kier alpha value is -2.48. The maximum absolute atomic E-state index is 13.0. The number of nitro groups is 1. The number of fused-ring (bicyclic) bond motifs is 1. The van der Waals surface area contributed by atoms with Crippen LogP contribution < -0.4 is 0 Å². The molecule has 1 aromatic heterocycles. The molecule has 1 amide bonds. The maximum atomic E-state index is 13.0. The number of hydrogen-bond acceptors (Lipinski definition) is 5. The van der Waals surface area contributed by atoms with E-state index >= 15 is 0 Å². The van der Waals surface area contributed by atoms with Crippen LogP contribution in [0.25, 0.3) is 10.1 Å². The lowest BCUT2D eigenvalue weighted by atomic mass is 10.1. The van der Waals surface area contributed by atoms with Crippen LogP contribution in [0.5, 0.6) is 0 Å². The second kappa shape index (κ2) is 8.10. The highest BCUT2D eigenvalue weighted by Gasteiger charge is 2.26. The molecule has 29 heavy (non-hydrogen) atoms. The van der Waals surface area contributed by atoms with Crippen LogP contribution in [0, 0.1) is 17.0 Å². The van der Waals surface area contributed by atoms with Crippen molar-refractivity contribution in [1.82, 2.24) is 9.80 Å². The minimum atomic E-state index is -0.442. The summed E-state index contributed by atoms with van der Waals surface area (Å²) >= 11 is 7.66. The van der Waals surface area contributed by atoms with Crippen LogP contribution in [0.4, 0.5) is 5.69 Å². The van der Waals surface area contributed by atoms with Crippen molar-refractivity contribution in [3.05, 3.63) is 73.6 Å². The van der Waals surface area contributed by atoms with Gasteiger partial charge < -0.3 is 4.90 Å². The first-order valence-electron chi connectivity index (χ1n) is 9.36. The molecule has 0 spiro atoms. The molecule has 0 aliphatic carbocycles. The molecular formula is C21H20ClN3O3S. The second-order valence-electron chi connectivity index (χ2n) is 7.24. The molecule has 6 nitrogen and oxygen atoms in total. The summed E-state index contributed by atoms with van der Waals surface area (Å²) in [5.74, 6) is -0.103. The van der Waals surface area contributed by atoms with Gasteiger partial charge in [0, 0.05) is 54.9 Å². The van der Waals surface area contributed by atoms with E-state index in [1.54, 1.807) is 6.07 Å². The van der Waals surface area contributed by atoms with Gasteiger partial charge in [-0.2, -0.15) is 0 Å². The Morgan fingerprint density at radius 2 is 1.93 bits per heavy atom.